The van der Waals surface area contributed by atoms with E-state index in [2.05, 4.69) is 9.46 Å². The Morgan fingerprint density at radius 2 is 2.04 bits per heavy atom. The maximum atomic E-state index is 12.4. The number of nitrogens with zero attached hydrogens (tertiary/aromatic N) is 1. The van der Waals surface area contributed by atoms with Gasteiger partial charge in [-0.15, -0.1) is 0 Å². The van der Waals surface area contributed by atoms with Crippen LogP contribution in [0.5, 0.6) is 0 Å². The van der Waals surface area contributed by atoms with Crippen molar-refractivity contribution in [2.24, 2.45) is 5.92 Å². The molecule has 1 rings (SSSR count). The van der Waals surface area contributed by atoms with Gasteiger partial charge in [-0.2, -0.15) is 4.72 Å². The predicted molar refractivity (Wildman–Crippen MR) is 83.4 cm³/mol. The van der Waals surface area contributed by atoms with Crippen molar-refractivity contribution in [3.63, 3.8) is 0 Å². The van der Waals surface area contributed by atoms with Gasteiger partial charge >= 0.3 is 5.97 Å². The highest BCUT2D eigenvalue weighted by Gasteiger charge is 2.31. The van der Waals surface area contributed by atoms with Crippen molar-refractivity contribution in [2.45, 2.75) is 38.1 Å². The maximum Gasteiger partial charge on any atom is 0.324 e. The quantitative estimate of drug-likeness (QED) is 0.458. The summed E-state index contributed by atoms with van der Waals surface area (Å²) in [6.07, 6.45) is 0.552. The van der Waals surface area contributed by atoms with Gasteiger partial charge in [-0.1, -0.05) is 26.3 Å². The number of carbonyl (C=O) groups is 1. The molecule has 0 aliphatic rings. The normalized spacial score (nSPS) is 14.1. The van der Waals surface area contributed by atoms with Crippen molar-refractivity contribution >= 4 is 21.7 Å². The first-order valence-corrected chi connectivity index (χ1v) is 8.47. The second-order valence-electron chi connectivity index (χ2n) is 5.21. The molecule has 8 nitrogen and oxygen atoms in total. The molecule has 0 radical (unpaired) electrons. The lowest BCUT2D eigenvalue weighted by atomic mass is 10.0. The topological polar surface area (TPSA) is 116 Å². The van der Waals surface area contributed by atoms with E-state index in [0.717, 1.165) is 6.07 Å². The van der Waals surface area contributed by atoms with Gasteiger partial charge in [0, 0.05) is 11.6 Å². The van der Waals surface area contributed by atoms with Crippen molar-refractivity contribution < 1.29 is 22.9 Å². The highest BCUT2D eigenvalue weighted by molar-refractivity contribution is 7.89. The van der Waals surface area contributed by atoms with Gasteiger partial charge in [-0.05, 0) is 18.9 Å². The molecule has 1 aromatic rings. The summed E-state index contributed by atoms with van der Waals surface area (Å²) in [7, 11) is -2.93. The minimum absolute atomic E-state index is 0.271. The molecule has 0 aliphatic heterocycles. The Kier molecular flexibility index (Phi) is 6.22. The van der Waals surface area contributed by atoms with E-state index in [1.54, 1.807) is 6.92 Å². The lowest BCUT2D eigenvalue weighted by Gasteiger charge is -2.21. The van der Waals surface area contributed by atoms with E-state index < -0.39 is 27.0 Å². The number of rotatable bonds is 7. The summed E-state index contributed by atoms with van der Waals surface area (Å²) < 4.78 is 31.8. The van der Waals surface area contributed by atoms with Crippen LogP contribution in [0.15, 0.2) is 23.1 Å². The molecule has 0 unspecified atom stereocenters. The minimum Gasteiger partial charge on any atom is -0.468 e. The fourth-order valence-corrected chi connectivity index (χ4v) is 3.26. The average Bonchev–Trinajstić information content (AvgIpc) is 2.51. The van der Waals surface area contributed by atoms with Crippen LogP contribution < -0.4 is 4.72 Å². The fourth-order valence-electron chi connectivity index (χ4n) is 1.95. The lowest BCUT2D eigenvalue weighted by Crippen LogP contribution is -2.45. The monoisotopic (exact) mass is 344 g/mol. The molecule has 1 N–H and O–H groups in total. The number of nitro groups is 1. The van der Waals surface area contributed by atoms with E-state index >= 15 is 0 Å². The Morgan fingerprint density at radius 3 is 2.52 bits per heavy atom. The molecule has 0 amide bonds. The average molecular weight is 344 g/mol. The first-order chi connectivity index (χ1) is 10.6. The zero-order valence-electron chi connectivity index (χ0n) is 13.4. The van der Waals surface area contributed by atoms with E-state index in [0.29, 0.717) is 12.0 Å². The Balaban J connectivity index is 3.22. The van der Waals surface area contributed by atoms with E-state index in [1.165, 1.54) is 26.2 Å². The molecule has 23 heavy (non-hydrogen) atoms. The Labute approximate surface area is 135 Å². The molecule has 0 bridgehead atoms. The second-order valence-corrected chi connectivity index (χ2v) is 6.93. The molecular formula is C14H20N2O6S. The third-order valence-electron chi connectivity index (χ3n) is 3.64. The molecule has 0 aliphatic carbocycles. The number of benzene rings is 1. The summed E-state index contributed by atoms with van der Waals surface area (Å²) in [5.74, 6) is -0.998. The summed E-state index contributed by atoms with van der Waals surface area (Å²) in [4.78, 5) is 21.8. The molecule has 1 aromatic carbocycles. The summed E-state index contributed by atoms with van der Waals surface area (Å²) in [6.45, 7) is 5.03. The van der Waals surface area contributed by atoms with Crippen LogP contribution in [0.2, 0.25) is 0 Å². The van der Waals surface area contributed by atoms with Gasteiger partial charge in [0.25, 0.3) is 5.69 Å². The Morgan fingerprint density at radius 1 is 1.43 bits per heavy atom. The number of hydrogen-bond acceptors (Lipinski definition) is 6. The number of nitrogens with one attached hydrogen (secondary N) is 1. The lowest BCUT2D eigenvalue weighted by molar-refractivity contribution is -0.385. The summed E-state index contributed by atoms with van der Waals surface area (Å²) in [5, 5.41) is 10.9. The number of nitro benzene ring substituents is 1. The minimum atomic E-state index is -4.10. The zero-order valence-corrected chi connectivity index (χ0v) is 14.2. The third-order valence-corrected chi connectivity index (χ3v) is 5.08. The molecule has 0 saturated carbocycles. The molecule has 2 atom stereocenters. The van der Waals surface area contributed by atoms with Crippen molar-refractivity contribution in [3.8, 4) is 0 Å². The van der Waals surface area contributed by atoms with E-state index in [4.69, 9.17) is 0 Å². The van der Waals surface area contributed by atoms with Gasteiger partial charge < -0.3 is 4.74 Å². The summed E-state index contributed by atoms with van der Waals surface area (Å²) >= 11 is 0. The second kappa shape index (κ2) is 7.51. The number of carbonyl (C=O) groups excluding carboxylic acids is 1. The fraction of sp³-hybridized carbons (Fsp3) is 0.500. The number of esters is 1. The molecule has 128 valence electrons. The van der Waals surface area contributed by atoms with Crippen LogP contribution in [0.25, 0.3) is 0 Å². The van der Waals surface area contributed by atoms with Gasteiger partial charge in [0.15, 0.2) is 0 Å². The van der Waals surface area contributed by atoms with Gasteiger partial charge in [-0.3, -0.25) is 14.9 Å². The van der Waals surface area contributed by atoms with Gasteiger partial charge in [-0.25, -0.2) is 8.42 Å². The standard InChI is InChI=1S/C14H20N2O6S/c1-5-9(2)13(14(17)22-4)15-23(20,21)11-7-6-10(3)12(8-11)16(18)19/h6-9,13,15H,5H2,1-4H3/t9-,13-/m0/s1. The van der Waals surface area contributed by atoms with E-state index in [9.17, 15) is 23.3 Å². The summed E-state index contributed by atoms with van der Waals surface area (Å²) in [6, 6.07) is 2.52. The van der Waals surface area contributed by atoms with Gasteiger partial charge in [0.05, 0.1) is 16.9 Å². The number of methoxy groups -OCH3 is 1. The van der Waals surface area contributed by atoms with Crippen LogP contribution in [0.3, 0.4) is 0 Å². The maximum absolute atomic E-state index is 12.4. The molecule has 0 heterocycles. The molecule has 9 heteroatoms. The molecular weight excluding hydrogens is 324 g/mol. The Bertz CT molecular complexity index is 701. The number of sulfonamides is 1. The van der Waals surface area contributed by atoms with E-state index in [-0.39, 0.29) is 16.5 Å². The Hall–Kier alpha value is -2.00. The van der Waals surface area contributed by atoms with Gasteiger partial charge in [0.2, 0.25) is 10.0 Å². The SMILES string of the molecule is CC[C@H](C)[C@H](NS(=O)(=O)c1ccc(C)c([N+](=O)[O-])c1)C(=O)OC. The van der Waals surface area contributed by atoms with E-state index in [1.807, 2.05) is 6.92 Å². The zero-order chi connectivity index (χ0) is 17.8. The predicted octanol–water partition coefficient (Wildman–Crippen LogP) is 1.77. The van der Waals surface area contributed by atoms with Crippen LogP contribution in [0.4, 0.5) is 5.69 Å². The molecule has 0 fully saturated rings. The highest BCUT2D eigenvalue weighted by Crippen LogP contribution is 2.23. The van der Waals surface area contributed by atoms with Crippen LogP contribution >= 0.6 is 0 Å². The highest BCUT2D eigenvalue weighted by atomic mass is 32.2. The molecule has 0 aromatic heterocycles. The largest absolute Gasteiger partial charge is 0.468 e. The summed E-state index contributed by atoms with van der Waals surface area (Å²) in [5.41, 5.74) is 0.0476. The van der Waals surface area contributed by atoms with Crippen LogP contribution in [-0.2, 0) is 19.6 Å². The third kappa shape index (κ3) is 4.49. The van der Waals surface area contributed by atoms with Crippen LogP contribution in [0.1, 0.15) is 25.8 Å². The number of aryl methyl sites for hydroxylation is 1. The van der Waals surface area contributed by atoms with Crippen molar-refractivity contribution in [1.82, 2.24) is 4.72 Å². The van der Waals surface area contributed by atoms with Crippen molar-refractivity contribution in [3.05, 3.63) is 33.9 Å². The number of hydrogen-bond donors (Lipinski definition) is 1. The first-order valence-electron chi connectivity index (χ1n) is 6.99. The molecule has 0 spiro atoms. The van der Waals surface area contributed by atoms with Crippen LogP contribution in [-0.4, -0.2) is 32.5 Å². The van der Waals surface area contributed by atoms with Gasteiger partial charge in [0.1, 0.15) is 6.04 Å². The van der Waals surface area contributed by atoms with Crippen molar-refractivity contribution in [1.29, 1.82) is 0 Å². The van der Waals surface area contributed by atoms with Crippen LogP contribution in [0, 0.1) is 23.0 Å². The van der Waals surface area contributed by atoms with Crippen molar-refractivity contribution in [2.75, 3.05) is 7.11 Å². The molecule has 0 saturated heterocycles. The first kappa shape index (κ1) is 19.0. The smallest absolute Gasteiger partial charge is 0.324 e. The number of ether oxygens (including phenoxy) is 1.